The zero-order valence-electron chi connectivity index (χ0n) is 11.8. The molecule has 0 aliphatic rings. The first-order valence-corrected chi connectivity index (χ1v) is 8.25. The molecule has 0 unspecified atom stereocenters. The van der Waals surface area contributed by atoms with Crippen LogP contribution >= 0.6 is 0 Å². The number of para-hydroxylation sites is 2. The second-order valence-electron chi connectivity index (χ2n) is 5.66. The van der Waals surface area contributed by atoms with E-state index in [9.17, 15) is 0 Å². The number of rotatable bonds is 0. The molecule has 0 saturated heterocycles. The Morgan fingerprint density at radius 1 is 0.636 bits per heavy atom. The van der Waals surface area contributed by atoms with Crippen molar-refractivity contribution in [3.63, 3.8) is 0 Å². The van der Waals surface area contributed by atoms with Gasteiger partial charge in [-0.25, -0.2) is 0 Å². The molecule has 0 saturated carbocycles. The third-order valence-electron chi connectivity index (χ3n) is 4.54. The molecule has 4 heteroatoms. The molecule has 3 radical (unpaired) electrons. The maximum absolute atomic E-state index is 2.84. The topological polar surface area (TPSA) is 9.86 Å². The van der Waals surface area contributed by atoms with Crippen molar-refractivity contribution < 1.29 is 0 Å². The Bertz CT molecular complexity index is 1100. The van der Waals surface area contributed by atoms with E-state index in [0.717, 1.165) is 0 Å². The van der Waals surface area contributed by atoms with E-state index in [4.69, 9.17) is 0 Å². The Morgan fingerprint density at radius 2 is 1.18 bits per heavy atom. The standard InChI is InChI=1S/C18H10N2.2Al/c1-3-7-15-11(5-1)13-9-18-14(10-17(13)19-15)12-6-2-4-8-16(12)20-18;;/h1-10H;;/q-2;+1;+2. The van der Waals surface area contributed by atoms with Crippen LogP contribution < -0.4 is 0 Å². The van der Waals surface area contributed by atoms with Crippen LogP contribution in [0.25, 0.3) is 43.6 Å². The predicted octanol–water partition coefficient (Wildman–Crippen LogP) is 3.77. The van der Waals surface area contributed by atoms with E-state index < -0.39 is 0 Å². The summed E-state index contributed by atoms with van der Waals surface area (Å²) in [5.41, 5.74) is 4.99. The summed E-state index contributed by atoms with van der Waals surface area (Å²) in [4.78, 5) is 0. The van der Waals surface area contributed by atoms with Gasteiger partial charge in [-0.1, -0.05) is 0 Å². The van der Waals surface area contributed by atoms with E-state index in [1.807, 2.05) is 0 Å². The summed E-state index contributed by atoms with van der Waals surface area (Å²) in [5, 5.41) is 5.18. The van der Waals surface area contributed by atoms with Crippen molar-refractivity contribution in [2.24, 2.45) is 0 Å². The molecule has 0 fully saturated rings. The number of hydrogen-bond acceptors (Lipinski definition) is 0. The van der Waals surface area contributed by atoms with Gasteiger partial charge < -0.3 is 0 Å². The Balaban J connectivity index is 2.10. The van der Waals surface area contributed by atoms with Crippen LogP contribution in [-0.2, 0) is 0 Å². The van der Waals surface area contributed by atoms with Crippen LogP contribution in [0.3, 0.4) is 0 Å². The van der Waals surface area contributed by atoms with Gasteiger partial charge in [-0.2, -0.15) is 0 Å². The number of aromatic nitrogens is 2. The molecule has 0 spiro atoms. The average Bonchev–Trinajstić information content (AvgIpc) is 3.01. The zero-order chi connectivity index (χ0) is 14.8. The van der Waals surface area contributed by atoms with Gasteiger partial charge in [0.05, 0.1) is 0 Å². The van der Waals surface area contributed by atoms with Gasteiger partial charge in [0, 0.05) is 0 Å². The fourth-order valence-electron chi connectivity index (χ4n) is 3.49. The summed E-state index contributed by atoms with van der Waals surface area (Å²) >= 11 is 5.69. The summed E-state index contributed by atoms with van der Waals surface area (Å²) in [5.74, 6) is 0. The van der Waals surface area contributed by atoms with E-state index in [2.05, 4.69) is 101 Å². The Kier molecular flexibility index (Phi) is 2.58. The van der Waals surface area contributed by atoms with Crippen LogP contribution in [0.15, 0.2) is 60.7 Å². The van der Waals surface area contributed by atoms with Crippen molar-refractivity contribution in [2.45, 2.75) is 0 Å². The number of hydrogen-bond donors (Lipinski definition) is 0. The molecule has 2 heterocycles. The number of nitrogens with zero attached hydrogens (tertiary/aromatic N) is 2. The van der Waals surface area contributed by atoms with Gasteiger partial charge in [0.15, 0.2) is 0 Å². The van der Waals surface area contributed by atoms with Crippen LogP contribution in [0, 0.1) is 0 Å². The van der Waals surface area contributed by atoms with Gasteiger partial charge in [0.1, 0.15) is 0 Å². The van der Waals surface area contributed by atoms with Gasteiger partial charge in [-0.15, -0.1) is 0 Å². The quantitative estimate of drug-likeness (QED) is 0.385. The minimum atomic E-state index is 1.25. The van der Waals surface area contributed by atoms with Crippen molar-refractivity contribution in [3.05, 3.63) is 60.7 Å². The van der Waals surface area contributed by atoms with Crippen LogP contribution in [0.5, 0.6) is 0 Å². The molecule has 0 bridgehead atoms. The molecule has 2 nitrogen and oxygen atoms in total. The predicted molar refractivity (Wildman–Crippen MR) is 94.8 cm³/mol. The Hall–Kier alpha value is -1.68. The van der Waals surface area contributed by atoms with Crippen molar-refractivity contribution in [1.82, 2.24) is 7.10 Å². The van der Waals surface area contributed by atoms with Gasteiger partial charge in [0.25, 0.3) is 0 Å². The van der Waals surface area contributed by atoms with Gasteiger partial charge in [-0.3, -0.25) is 0 Å². The van der Waals surface area contributed by atoms with E-state index in [1.54, 1.807) is 0 Å². The fraction of sp³-hybridized carbons (Fsp3) is 0. The first-order chi connectivity index (χ1) is 10.8. The van der Waals surface area contributed by atoms with Gasteiger partial charge >= 0.3 is 144 Å². The molecule has 22 heavy (non-hydrogen) atoms. The average molecular weight is 308 g/mol. The second kappa shape index (κ2) is 4.42. The van der Waals surface area contributed by atoms with Crippen LogP contribution in [0.1, 0.15) is 0 Å². The summed E-state index contributed by atoms with van der Waals surface area (Å²) < 4.78 is 4.41. The minimum absolute atomic E-state index is 1.25. The number of fused-ring (bicyclic) bond motifs is 6. The molecule has 5 rings (SSSR count). The van der Waals surface area contributed by atoms with Crippen LogP contribution in [-0.4, -0.2) is 40.1 Å². The van der Waals surface area contributed by atoms with Crippen molar-refractivity contribution >= 4 is 76.6 Å². The fourth-order valence-corrected chi connectivity index (χ4v) is 4.37. The third-order valence-corrected chi connectivity index (χ3v) is 5.65. The first-order valence-electron chi connectivity index (χ1n) is 7.22. The van der Waals surface area contributed by atoms with Gasteiger partial charge in [-0.05, 0) is 0 Å². The molecule has 0 amide bonds. The summed E-state index contributed by atoms with van der Waals surface area (Å²) in [6.07, 6.45) is 0. The van der Waals surface area contributed by atoms with E-state index >= 15 is 0 Å². The van der Waals surface area contributed by atoms with Crippen molar-refractivity contribution in [3.8, 4) is 0 Å². The van der Waals surface area contributed by atoms with Crippen LogP contribution in [0.4, 0.5) is 0 Å². The van der Waals surface area contributed by atoms with E-state index in [-0.39, 0.29) is 0 Å². The second-order valence-corrected chi connectivity index (χ2v) is 6.69. The summed E-state index contributed by atoms with van der Waals surface area (Å²) in [6, 6.07) is 21.7. The molecule has 5 aromatic rings. The molecule has 0 aliphatic heterocycles. The Labute approximate surface area is 144 Å². The summed E-state index contributed by atoms with van der Waals surface area (Å²) in [7, 11) is 0. The molecule has 0 aliphatic carbocycles. The van der Waals surface area contributed by atoms with E-state index in [1.165, 1.54) is 43.6 Å². The first kappa shape index (κ1) is 12.8. The zero-order valence-corrected chi connectivity index (χ0v) is 14.1. The Morgan fingerprint density at radius 3 is 1.95 bits per heavy atom. The molecule has 0 atom stereocenters. The molecular formula is C18H10Al2N2+. The molecule has 97 valence electrons. The van der Waals surface area contributed by atoms with E-state index in [0.29, 0.717) is 0 Å². The van der Waals surface area contributed by atoms with Crippen LogP contribution in [0.2, 0.25) is 0 Å². The monoisotopic (exact) mass is 308 g/mol. The third kappa shape index (κ3) is 1.51. The molecule has 0 N–H and O–H groups in total. The normalized spacial score (nSPS) is 12.0. The summed E-state index contributed by atoms with van der Waals surface area (Å²) in [6.45, 7) is 0. The molecular weight excluding hydrogens is 298 g/mol. The SMILES string of the molecule is [Al][n]1c2ccccc2c2cc3c(cc21)c1ccccc1[n]3[Al+]. The van der Waals surface area contributed by atoms with Crippen molar-refractivity contribution in [2.75, 3.05) is 0 Å². The molecule has 2 aromatic heterocycles. The molecule has 3 aromatic carbocycles. The van der Waals surface area contributed by atoms with Gasteiger partial charge in [0.2, 0.25) is 0 Å². The van der Waals surface area contributed by atoms with Crippen molar-refractivity contribution in [1.29, 1.82) is 0 Å². The number of benzene rings is 3. The maximum atomic E-state index is 2.84.